The van der Waals surface area contributed by atoms with Gasteiger partial charge in [-0.3, -0.25) is 4.79 Å². The van der Waals surface area contributed by atoms with E-state index in [-0.39, 0.29) is 5.91 Å². The fourth-order valence-corrected chi connectivity index (χ4v) is 2.11. The van der Waals surface area contributed by atoms with Crippen LogP contribution in [0.2, 0.25) is 0 Å². The Morgan fingerprint density at radius 1 is 1.26 bits per heavy atom. The highest BCUT2D eigenvalue weighted by molar-refractivity contribution is 9.10. The Kier molecular flexibility index (Phi) is 6.52. The number of benzene rings is 1. The standard InChI is InChI=1S/C15H23BrN2O/c1-10(2)17-7-5-6-14(19)18-13-8-11(3)15(16)12(4)9-13/h8-10,17H,5-7H2,1-4H3,(H,18,19). The maximum Gasteiger partial charge on any atom is 0.224 e. The number of hydrogen-bond acceptors (Lipinski definition) is 2. The van der Waals surface area contributed by atoms with Crippen molar-refractivity contribution in [2.75, 3.05) is 11.9 Å². The summed E-state index contributed by atoms with van der Waals surface area (Å²) < 4.78 is 1.10. The molecule has 0 aromatic heterocycles. The molecule has 1 amide bonds. The van der Waals surface area contributed by atoms with Crippen LogP contribution in [-0.2, 0) is 4.79 Å². The number of nitrogens with one attached hydrogen (secondary N) is 2. The van der Waals surface area contributed by atoms with Crippen molar-refractivity contribution in [1.82, 2.24) is 5.32 Å². The highest BCUT2D eigenvalue weighted by atomic mass is 79.9. The van der Waals surface area contributed by atoms with Gasteiger partial charge in [0.2, 0.25) is 5.91 Å². The topological polar surface area (TPSA) is 41.1 Å². The van der Waals surface area contributed by atoms with E-state index in [1.54, 1.807) is 0 Å². The molecule has 0 fully saturated rings. The molecule has 1 rings (SSSR count). The molecule has 0 atom stereocenters. The van der Waals surface area contributed by atoms with Crippen LogP contribution in [0, 0.1) is 13.8 Å². The minimum absolute atomic E-state index is 0.0756. The normalized spacial score (nSPS) is 10.8. The maximum atomic E-state index is 11.8. The second-order valence-corrected chi connectivity index (χ2v) is 5.98. The first kappa shape index (κ1) is 16.2. The highest BCUT2D eigenvalue weighted by Gasteiger charge is 2.06. The first-order valence-corrected chi connectivity index (χ1v) is 7.49. The third kappa shape index (κ3) is 5.74. The van der Waals surface area contributed by atoms with Gasteiger partial charge < -0.3 is 10.6 Å². The number of rotatable bonds is 6. The van der Waals surface area contributed by atoms with E-state index in [1.165, 1.54) is 0 Å². The summed E-state index contributed by atoms with van der Waals surface area (Å²) in [5, 5.41) is 6.26. The van der Waals surface area contributed by atoms with E-state index in [9.17, 15) is 4.79 Å². The first-order chi connectivity index (χ1) is 8.90. The monoisotopic (exact) mass is 326 g/mol. The van der Waals surface area contributed by atoms with E-state index in [0.29, 0.717) is 12.5 Å². The van der Waals surface area contributed by atoms with Crippen molar-refractivity contribution in [3.8, 4) is 0 Å². The van der Waals surface area contributed by atoms with Crippen molar-refractivity contribution in [3.63, 3.8) is 0 Å². The van der Waals surface area contributed by atoms with Gasteiger partial charge in [-0.05, 0) is 50.1 Å². The maximum absolute atomic E-state index is 11.8. The molecule has 1 aromatic rings. The zero-order valence-corrected chi connectivity index (χ0v) is 13.7. The molecule has 19 heavy (non-hydrogen) atoms. The van der Waals surface area contributed by atoms with Gasteiger partial charge in [0.1, 0.15) is 0 Å². The van der Waals surface area contributed by atoms with Gasteiger partial charge in [-0.2, -0.15) is 0 Å². The molecule has 0 bridgehead atoms. The van der Waals surface area contributed by atoms with Gasteiger partial charge in [0.05, 0.1) is 0 Å². The summed E-state index contributed by atoms with van der Waals surface area (Å²) in [6.45, 7) is 9.14. The minimum atomic E-state index is 0.0756. The Morgan fingerprint density at radius 2 is 1.84 bits per heavy atom. The summed E-state index contributed by atoms with van der Waals surface area (Å²) in [5.74, 6) is 0.0756. The second-order valence-electron chi connectivity index (χ2n) is 5.18. The van der Waals surface area contributed by atoms with E-state index in [0.717, 1.165) is 34.3 Å². The predicted octanol–water partition coefficient (Wildman–Crippen LogP) is 3.78. The lowest BCUT2D eigenvalue weighted by atomic mass is 10.1. The number of anilines is 1. The van der Waals surface area contributed by atoms with E-state index in [2.05, 4.69) is 40.4 Å². The van der Waals surface area contributed by atoms with Crippen molar-refractivity contribution >= 4 is 27.5 Å². The van der Waals surface area contributed by atoms with Gasteiger partial charge in [-0.15, -0.1) is 0 Å². The third-order valence-corrected chi connectivity index (χ3v) is 4.10. The van der Waals surface area contributed by atoms with Crippen molar-refractivity contribution in [3.05, 3.63) is 27.7 Å². The molecule has 4 heteroatoms. The van der Waals surface area contributed by atoms with E-state index >= 15 is 0 Å². The molecule has 0 unspecified atom stereocenters. The summed E-state index contributed by atoms with van der Waals surface area (Å²) in [4.78, 5) is 11.8. The Bertz CT molecular complexity index is 421. The van der Waals surface area contributed by atoms with Crippen LogP contribution in [0.5, 0.6) is 0 Å². The fourth-order valence-electron chi connectivity index (χ4n) is 1.88. The molecule has 1 aromatic carbocycles. The Hall–Kier alpha value is -0.870. The smallest absolute Gasteiger partial charge is 0.224 e. The lowest BCUT2D eigenvalue weighted by Gasteiger charge is -2.10. The molecule has 0 saturated heterocycles. The Morgan fingerprint density at radius 3 is 2.37 bits per heavy atom. The summed E-state index contributed by atoms with van der Waals surface area (Å²) in [6.07, 6.45) is 1.41. The largest absolute Gasteiger partial charge is 0.326 e. The molecule has 0 aliphatic rings. The van der Waals surface area contributed by atoms with Gasteiger partial charge >= 0.3 is 0 Å². The van der Waals surface area contributed by atoms with Gasteiger partial charge in [-0.1, -0.05) is 29.8 Å². The van der Waals surface area contributed by atoms with Crippen LogP contribution in [0.15, 0.2) is 16.6 Å². The van der Waals surface area contributed by atoms with Gasteiger partial charge in [0.15, 0.2) is 0 Å². The number of aryl methyl sites for hydroxylation is 2. The summed E-state index contributed by atoms with van der Waals surface area (Å²) in [5.41, 5.74) is 3.15. The fraction of sp³-hybridized carbons (Fsp3) is 0.533. The quantitative estimate of drug-likeness (QED) is 0.781. The van der Waals surface area contributed by atoms with Crippen LogP contribution in [-0.4, -0.2) is 18.5 Å². The molecule has 2 N–H and O–H groups in total. The molecule has 3 nitrogen and oxygen atoms in total. The lowest BCUT2D eigenvalue weighted by molar-refractivity contribution is -0.116. The highest BCUT2D eigenvalue weighted by Crippen LogP contribution is 2.25. The van der Waals surface area contributed by atoms with Crippen molar-refractivity contribution in [2.24, 2.45) is 0 Å². The Labute approximate surface area is 124 Å². The minimum Gasteiger partial charge on any atom is -0.326 e. The molecule has 0 aliphatic heterocycles. The molecular weight excluding hydrogens is 304 g/mol. The van der Waals surface area contributed by atoms with Gasteiger partial charge in [0.25, 0.3) is 0 Å². The summed E-state index contributed by atoms with van der Waals surface area (Å²) >= 11 is 3.52. The van der Waals surface area contributed by atoms with Crippen molar-refractivity contribution in [1.29, 1.82) is 0 Å². The molecule has 106 valence electrons. The molecule has 0 aliphatic carbocycles. The molecule has 0 radical (unpaired) electrons. The van der Waals surface area contributed by atoms with Crippen LogP contribution >= 0.6 is 15.9 Å². The van der Waals surface area contributed by atoms with Crippen LogP contribution in [0.4, 0.5) is 5.69 Å². The second kappa shape index (κ2) is 7.65. The average Bonchev–Trinajstić information content (AvgIpc) is 2.31. The van der Waals surface area contributed by atoms with Gasteiger partial charge in [-0.25, -0.2) is 0 Å². The SMILES string of the molecule is Cc1cc(NC(=O)CCCNC(C)C)cc(C)c1Br. The Balaban J connectivity index is 2.44. The summed E-state index contributed by atoms with van der Waals surface area (Å²) in [6, 6.07) is 4.45. The average molecular weight is 327 g/mol. The van der Waals surface area contributed by atoms with E-state index in [4.69, 9.17) is 0 Å². The van der Waals surface area contributed by atoms with E-state index in [1.807, 2.05) is 26.0 Å². The number of amides is 1. The molecule has 0 spiro atoms. The van der Waals surface area contributed by atoms with Crippen LogP contribution in [0.1, 0.15) is 37.8 Å². The van der Waals surface area contributed by atoms with Crippen LogP contribution < -0.4 is 10.6 Å². The number of carbonyl (C=O) groups is 1. The van der Waals surface area contributed by atoms with Crippen LogP contribution in [0.3, 0.4) is 0 Å². The zero-order valence-electron chi connectivity index (χ0n) is 12.1. The number of carbonyl (C=O) groups excluding carboxylic acids is 1. The van der Waals surface area contributed by atoms with Crippen LogP contribution in [0.25, 0.3) is 0 Å². The first-order valence-electron chi connectivity index (χ1n) is 6.70. The lowest BCUT2D eigenvalue weighted by Crippen LogP contribution is -2.24. The number of halogens is 1. The third-order valence-electron chi connectivity index (χ3n) is 2.85. The zero-order chi connectivity index (χ0) is 14.4. The van der Waals surface area contributed by atoms with Crippen molar-refractivity contribution in [2.45, 2.75) is 46.6 Å². The molecule has 0 saturated carbocycles. The molecular formula is C15H23BrN2O. The van der Waals surface area contributed by atoms with Gasteiger partial charge in [0, 0.05) is 22.6 Å². The van der Waals surface area contributed by atoms with Crippen molar-refractivity contribution < 1.29 is 4.79 Å². The number of hydrogen-bond donors (Lipinski definition) is 2. The molecule has 0 heterocycles. The summed E-state index contributed by atoms with van der Waals surface area (Å²) in [7, 11) is 0. The predicted molar refractivity (Wildman–Crippen MR) is 84.6 cm³/mol. The van der Waals surface area contributed by atoms with E-state index < -0.39 is 0 Å².